The third-order valence-corrected chi connectivity index (χ3v) is 4.92. The standard InChI is InChI=1S/C23H30N4O2/c1-16(2)15-27-21(19-7-5-6-8-20(19)23(27)29)25-18-11-9-17(10-12-18)22(28)24-13-14-26(3)4/h5-12,16,21,25H,13-15H2,1-4H3,(H,24,28). The molecule has 6 nitrogen and oxygen atoms in total. The van der Waals surface area contributed by atoms with Gasteiger partial charge in [0.1, 0.15) is 6.17 Å². The summed E-state index contributed by atoms with van der Waals surface area (Å²) in [6.07, 6.45) is -0.208. The van der Waals surface area contributed by atoms with Crippen LogP contribution in [0.15, 0.2) is 48.5 Å². The summed E-state index contributed by atoms with van der Waals surface area (Å²) in [7, 11) is 3.95. The molecule has 0 aromatic heterocycles. The minimum absolute atomic E-state index is 0.0590. The minimum Gasteiger partial charge on any atom is -0.361 e. The molecule has 1 atom stereocenters. The van der Waals surface area contributed by atoms with Crippen molar-refractivity contribution < 1.29 is 9.59 Å². The van der Waals surface area contributed by atoms with Crippen LogP contribution in [0.4, 0.5) is 5.69 Å². The van der Waals surface area contributed by atoms with Gasteiger partial charge in [-0.25, -0.2) is 0 Å². The smallest absolute Gasteiger partial charge is 0.256 e. The summed E-state index contributed by atoms with van der Waals surface area (Å²) < 4.78 is 0. The molecule has 1 aliphatic rings. The van der Waals surface area contributed by atoms with E-state index in [1.165, 1.54) is 0 Å². The first-order valence-electron chi connectivity index (χ1n) is 10.1. The van der Waals surface area contributed by atoms with Crippen LogP contribution in [0.25, 0.3) is 0 Å². The Balaban J connectivity index is 1.72. The van der Waals surface area contributed by atoms with Gasteiger partial charge in [-0.15, -0.1) is 0 Å². The van der Waals surface area contributed by atoms with Crippen LogP contribution in [-0.2, 0) is 0 Å². The first-order chi connectivity index (χ1) is 13.9. The van der Waals surface area contributed by atoms with E-state index in [2.05, 4.69) is 24.5 Å². The summed E-state index contributed by atoms with van der Waals surface area (Å²) in [5, 5.41) is 6.39. The van der Waals surface area contributed by atoms with Gasteiger partial charge < -0.3 is 20.4 Å². The number of hydrogen-bond donors (Lipinski definition) is 2. The van der Waals surface area contributed by atoms with Gasteiger partial charge >= 0.3 is 0 Å². The van der Waals surface area contributed by atoms with E-state index in [-0.39, 0.29) is 18.0 Å². The highest BCUT2D eigenvalue weighted by Gasteiger charge is 2.36. The molecule has 2 aromatic rings. The molecule has 0 saturated carbocycles. The van der Waals surface area contributed by atoms with Gasteiger partial charge in [0.25, 0.3) is 11.8 Å². The average Bonchev–Trinajstić information content (AvgIpc) is 2.94. The predicted molar refractivity (Wildman–Crippen MR) is 116 cm³/mol. The summed E-state index contributed by atoms with van der Waals surface area (Å²) in [6, 6.07) is 15.1. The lowest BCUT2D eigenvalue weighted by Crippen LogP contribution is -2.35. The molecule has 2 amide bonds. The van der Waals surface area contributed by atoms with Crippen LogP contribution < -0.4 is 10.6 Å². The van der Waals surface area contributed by atoms with E-state index in [1.807, 2.05) is 72.4 Å². The molecule has 0 bridgehead atoms. The van der Waals surface area contributed by atoms with Crippen molar-refractivity contribution in [1.29, 1.82) is 0 Å². The fraction of sp³-hybridized carbons (Fsp3) is 0.391. The molecule has 0 fully saturated rings. The maximum absolute atomic E-state index is 12.9. The third kappa shape index (κ3) is 4.95. The largest absolute Gasteiger partial charge is 0.361 e. The van der Waals surface area contributed by atoms with Crippen molar-refractivity contribution in [3.05, 3.63) is 65.2 Å². The van der Waals surface area contributed by atoms with Crippen LogP contribution in [0.2, 0.25) is 0 Å². The normalized spacial score (nSPS) is 15.7. The second-order valence-electron chi connectivity index (χ2n) is 8.12. The van der Waals surface area contributed by atoms with Gasteiger partial charge in [-0.05, 0) is 50.3 Å². The Kier molecular flexibility index (Phi) is 6.54. The predicted octanol–water partition coefficient (Wildman–Crippen LogP) is 3.20. The van der Waals surface area contributed by atoms with Crippen LogP contribution in [0.5, 0.6) is 0 Å². The topological polar surface area (TPSA) is 64.7 Å². The Morgan fingerprint density at radius 2 is 1.79 bits per heavy atom. The van der Waals surface area contributed by atoms with Crippen LogP contribution in [0, 0.1) is 5.92 Å². The molecule has 1 aliphatic heterocycles. The summed E-state index contributed by atoms with van der Waals surface area (Å²) in [5.74, 6) is 0.343. The van der Waals surface area contributed by atoms with Crippen molar-refractivity contribution in [3.63, 3.8) is 0 Å². The van der Waals surface area contributed by atoms with Gasteiger partial charge in [0, 0.05) is 42.0 Å². The van der Waals surface area contributed by atoms with Gasteiger partial charge in [0.05, 0.1) is 0 Å². The number of hydrogen-bond acceptors (Lipinski definition) is 4. The van der Waals surface area contributed by atoms with Crippen LogP contribution in [-0.4, -0.2) is 55.3 Å². The van der Waals surface area contributed by atoms with E-state index in [4.69, 9.17) is 0 Å². The Bertz CT molecular complexity index is 861. The molecule has 29 heavy (non-hydrogen) atoms. The zero-order valence-corrected chi connectivity index (χ0v) is 17.6. The Morgan fingerprint density at radius 3 is 2.45 bits per heavy atom. The highest BCUT2D eigenvalue weighted by molar-refractivity contribution is 5.99. The molecular weight excluding hydrogens is 364 g/mol. The second-order valence-corrected chi connectivity index (χ2v) is 8.12. The van der Waals surface area contributed by atoms with Crippen molar-refractivity contribution in [3.8, 4) is 0 Å². The van der Waals surface area contributed by atoms with Crippen molar-refractivity contribution in [2.24, 2.45) is 5.92 Å². The average molecular weight is 395 g/mol. The molecule has 0 saturated heterocycles. The molecule has 0 aliphatic carbocycles. The zero-order valence-electron chi connectivity index (χ0n) is 17.6. The summed E-state index contributed by atoms with van der Waals surface area (Å²) in [5.41, 5.74) is 3.24. The number of anilines is 1. The zero-order chi connectivity index (χ0) is 21.0. The highest BCUT2D eigenvalue weighted by Crippen LogP contribution is 2.34. The van der Waals surface area contributed by atoms with Crippen LogP contribution >= 0.6 is 0 Å². The molecule has 2 aromatic carbocycles. The van der Waals surface area contributed by atoms with E-state index in [0.29, 0.717) is 24.6 Å². The summed E-state index contributed by atoms with van der Waals surface area (Å²) in [6.45, 7) is 6.30. The first kappa shape index (κ1) is 20.9. The van der Waals surface area contributed by atoms with Gasteiger partial charge in [0.15, 0.2) is 0 Å². The maximum atomic E-state index is 12.9. The van der Waals surface area contributed by atoms with E-state index >= 15 is 0 Å². The monoisotopic (exact) mass is 394 g/mol. The quantitative estimate of drug-likeness (QED) is 0.722. The van der Waals surface area contributed by atoms with Gasteiger partial charge in [-0.2, -0.15) is 0 Å². The van der Waals surface area contributed by atoms with Crippen molar-refractivity contribution >= 4 is 17.5 Å². The van der Waals surface area contributed by atoms with Crippen LogP contribution in [0.1, 0.15) is 46.3 Å². The minimum atomic E-state index is -0.208. The lowest BCUT2D eigenvalue weighted by molar-refractivity contribution is 0.0720. The second kappa shape index (κ2) is 9.09. The Morgan fingerprint density at radius 1 is 1.10 bits per heavy atom. The van der Waals surface area contributed by atoms with Gasteiger partial charge in [-0.3, -0.25) is 9.59 Å². The summed E-state index contributed by atoms with van der Waals surface area (Å²) >= 11 is 0. The molecule has 1 heterocycles. The van der Waals surface area contributed by atoms with Gasteiger partial charge in [0.2, 0.25) is 0 Å². The number of carbonyl (C=O) groups is 2. The fourth-order valence-corrected chi connectivity index (χ4v) is 3.48. The number of nitrogens with zero attached hydrogens (tertiary/aromatic N) is 2. The van der Waals surface area contributed by atoms with Crippen molar-refractivity contribution in [2.75, 3.05) is 39.0 Å². The number of fused-ring (bicyclic) bond motifs is 1. The number of amides is 2. The molecular formula is C23H30N4O2. The maximum Gasteiger partial charge on any atom is 0.256 e. The van der Waals surface area contributed by atoms with Crippen molar-refractivity contribution in [2.45, 2.75) is 20.0 Å². The SMILES string of the molecule is CC(C)CN1C(=O)c2ccccc2C1Nc1ccc(C(=O)NCCN(C)C)cc1. The first-order valence-corrected chi connectivity index (χ1v) is 10.1. The van der Waals surface area contributed by atoms with E-state index < -0.39 is 0 Å². The third-order valence-electron chi connectivity index (χ3n) is 4.92. The fourth-order valence-electron chi connectivity index (χ4n) is 3.48. The lowest BCUT2D eigenvalue weighted by Gasteiger charge is -2.28. The number of benzene rings is 2. The molecule has 2 N–H and O–H groups in total. The molecule has 0 radical (unpaired) electrons. The molecule has 0 spiro atoms. The number of rotatable bonds is 8. The molecule has 1 unspecified atom stereocenters. The lowest BCUT2D eigenvalue weighted by atomic mass is 10.1. The number of likely N-dealkylation sites (N-methyl/N-ethyl adjacent to an activating group) is 1. The van der Waals surface area contributed by atoms with Crippen molar-refractivity contribution in [1.82, 2.24) is 15.1 Å². The molecule has 154 valence electrons. The van der Waals surface area contributed by atoms with Gasteiger partial charge in [-0.1, -0.05) is 32.0 Å². The van der Waals surface area contributed by atoms with E-state index in [0.717, 1.165) is 23.4 Å². The number of nitrogens with one attached hydrogen (secondary N) is 2. The molecule has 3 rings (SSSR count). The van der Waals surface area contributed by atoms with E-state index in [1.54, 1.807) is 0 Å². The number of carbonyl (C=O) groups excluding carboxylic acids is 2. The van der Waals surface area contributed by atoms with E-state index in [9.17, 15) is 9.59 Å². The molecule has 6 heteroatoms. The van der Waals surface area contributed by atoms with Crippen LogP contribution in [0.3, 0.4) is 0 Å². The summed E-state index contributed by atoms with van der Waals surface area (Å²) in [4.78, 5) is 29.0. The Hall–Kier alpha value is -2.86. The Labute approximate surface area is 172 Å². The highest BCUT2D eigenvalue weighted by atomic mass is 16.2.